The number of thiazole rings is 1. The molecule has 1 aromatic heterocycles. The van der Waals surface area contributed by atoms with E-state index in [1.54, 1.807) is 0 Å². The Morgan fingerprint density at radius 2 is 2.00 bits per heavy atom. The van der Waals surface area contributed by atoms with E-state index in [9.17, 15) is 17.6 Å². The monoisotopic (exact) mass is 318 g/mol. The summed E-state index contributed by atoms with van der Waals surface area (Å²) in [4.78, 5) is 4.30. The van der Waals surface area contributed by atoms with Crippen LogP contribution in [0.15, 0.2) is 23.6 Å². The molecule has 0 radical (unpaired) electrons. The van der Waals surface area contributed by atoms with Gasteiger partial charge >= 0.3 is 6.18 Å². The van der Waals surface area contributed by atoms with Gasteiger partial charge in [0.1, 0.15) is 10.8 Å². The van der Waals surface area contributed by atoms with Crippen molar-refractivity contribution < 1.29 is 17.6 Å². The van der Waals surface area contributed by atoms with E-state index in [0.717, 1.165) is 22.8 Å². The van der Waals surface area contributed by atoms with Crippen LogP contribution >= 0.6 is 11.3 Å². The molecule has 0 saturated carbocycles. The number of alkyl halides is 3. The van der Waals surface area contributed by atoms with E-state index in [0.29, 0.717) is 6.07 Å². The molecule has 0 aliphatic rings. The fourth-order valence-electron chi connectivity index (χ4n) is 1.85. The first-order valence-electron chi connectivity index (χ1n) is 6.28. The highest BCUT2D eigenvalue weighted by molar-refractivity contribution is 7.09. The van der Waals surface area contributed by atoms with Gasteiger partial charge in [-0.15, -0.1) is 11.3 Å². The Hall–Kier alpha value is -1.47. The third kappa shape index (κ3) is 4.25. The maximum absolute atomic E-state index is 13.3. The highest BCUT2D eigenvalue weighted by Crippen LogP contribution is 2.30. The van der Waals surface area contributed by atoms with E-state index in [1.807, 2.05) is 19.2 Å². The number of nitrogens with one attached hydrogen (secondary N) is 1. The van der Waals surface area contributed by atoms with E-state index < -0.39 is 17.6 Å². The summed E-state index contributed by atoms with van der Waals surface area (Å²) in [5.74, 6) is -0.889. The average Bonchev–Trinajstić information content (AvgIpc) is 2.81. The average molecular weight is 318 g/mol. The highest BCUT2D eigenvalue weighted by Gasteiger charge is 2.31. The van der Waals surface area contributed by atoms with Gasteiger partial charge in [-0.2, -0.15) is 13.2 Å². The molecule has 0 bridgehead atoms. The number of halogens is 4. The van der Waals surface area contributed by atoms with Crippen molar-refractivity contribution in [3.05, 3.63) is 51.2 Å². The van der Waals surface area contributed by atoms with Gasteiger partial charge in [-0.25, -0.2) is 9.37 Å². The molecule has 0 saturated heterocycles. The molecule has 7 heteroatoms. The first kappa shape index (κ1) is 15.9. The molecule has 2 rings (SSSR count). The Morgan fingerprint density at radius 1 is 1.29 bits per heavy atom. The van der Waals surface area contributed by atoms with Crippen LogP contribution in [0.1, 0.15) is 34.8 Å². The minimum atomic E-state index is -4.55. The predicted molar refractivity (Wildman–Crippen MR) is 73.5 cm³/mol. The molecular weight excluding hydrogens is 304 g/mol. The molecule has 0 amide bonds. The largest absolute Gasteiger partial charge is 0.416 e. The molecule has 1 unspecified atom stereocenters. The molecule has 0 aliphatic carbocycles. The van der Waals surface area contributed by atoms with Crippen molar-refractivity contribution in [2.75, 3.05) is 0 Å². The quantitative estimate of drug-likeness (QED) is 0.842. The number of aromatic nitrogens is 1. The zero-order valence-electron chi connectivity index (χ0n) is 11.5. The zero-order chi connectivity index (χ0) is 15.6. The van der Waals surface area contributed by atoms with Gasteiger partial charge in [0.25, 0.3) is 0 Å². The summed E-state index contributed by atoms with van der Waals surface area (Å²) in [6, 6.07) is 2.44. The van der Waals surface area contributed by atoms with Gasteiger partial charge in [-0.3, -0.25) is 0 Å². The Labute approximate surface area is 123 Å². The van der Waals surface area contributed by atoms with E-state index in [4.69, 9.17) is 0 Å². The fraction of sp³-hybridized carbons (Fsp3) is 0.357. The van der Waals surface area contributed by atoms with Gasteiger partial charge in [-0.05, 0) is 37.6 Å². The second-order valence-corrected chi connectivity index (χ2v) is 5.67. The molecule has 0 spiro atoms. The third-order valence-electron chi connectivity index (χ3n) is 2.90. The zero-order valence-corrected chi connectivity index (χ0v) is 12.3. The summed E-state index contributed by atoms with van der Waals surface area (Å²) >= 11 is 1.48. The number of benzene rings is 1. The lowest BCUT2D eigenvalue weighted by molar-refractivity contribution is -0.137. The van der Waals surface area contributed by atoms with Gasteiger partial charge < -0.3 is 5.32 Å². The maximum Gasteiger partial charge on any atom is 0.416 e. The van der Waals surface area contributed by atoms with Gasteiger partial charge in [0.05, 0.1) is 11.6 Å². The van der Waals surface area contributed by atoms with Gasteiger partial charge in [0, 0.05) is 17.6 Å². The van der Waals surface area contributed by atoms with Crippen LogP contribution < -0.4 is 5.32 Å². The number of aryl methyl sites for hydroxylation is 1. The molecule has 1 heterocycles. The van der Waals surface area contributed by atoms with Crippen LogP contribution in [-0.4, -0.2) is 4.98 Å². The van der Waals surface area contributed by atoms with Gasteiger partial charge in [0.2, 0.25) is 0 Å². The highest BCUT2D eigenvalue weighted by atomic mass is 32.1. The normalized spacial score (nSPS) is 13.4. The molecular formula is C14H14F4N2S. The topological polar surface area (TPSA) is 24.9 Å². The van der Waals surface area contributed by atoms with E-state index in [2.05, 4.69) is 10.3 Å². The molecule has 1 aromatic carbocycles. The van der Waals surface area contributed by atoms with Crippen molar-refractivity contribution >= 4 is 11.3 Å². The second-order valence-electron chi connectivity index (χ2n) is 4.78. The van der Waals surface area contributed by atoms with Gasteiger partial charge in [0.15, 0.2) is 0 Å². The minimum absolute atomic E-state index is 0.110. The lowest BCUT2D eigenvalue weighted by Gasteiger charge is -2.13. The van der Waals surface area contributed by atoms with Crippen molar-refractivity contribution in [3.8, 4) is 0 Å². The van der Waals surface area contributed by atoms with Crippen molar-refractivity contribution in [1.29, 1.82) is 0 Å². The molecule has 0 fully saturated rings. The Balaban J connectivity index is 2.08. The number of hydrogen-bond donors (Lipinski definition) is 1. The van der Waals surface area contributed by atoms with Crippen molar-refractivity contribution in [2.45, 2.75) is 32.6 Å². The summed E-state index contributed by atoms with van der Waals surface area (Å²) in [6.45, 7) is 3.87. The van der Waals surface area contributed by atoms with Crippen molar-refractivity contribution in [3.63, 3.8) is 0 Å². The van der Waals surface area contributed by atoms with Crippen LogP contribution in [0, 0.1) is 12.7 Å². The summed E-state index contributed by atoms with van der Waals surface area (Å²) in [7, 11) is 0. The number of rotatable bonds is 4. The fourth-order valence-corrected chi connectivity index (χ4v) is 2.67. The minimum Gasteiger partial charge on any atom is -0.304 e. The SMILES string of the molecule is Cc1csc(C(C)NCc2cc(F)cc(C(F)(F)F)c2)n1. The van der Waals surface area contributed by atoms with Crippen LogP contribution in [0.4, 0.5) is 17.6 Å². The van der Waals surface area contributed by atoms with Crippen LogP contribution in [0.3, 0.4) is 0 Å². The van der Waals surface area contributed by atoms with Crippen LogP contribution in [0.2, 0.25) is 0 Å². The smallest absolute Gasteiger partial charge is 0.304 e. The third-order valence-corrected chi connectivity index (χ3v) is 4.05. The number of nitrogens with zero attached hydrogens (tertiary/aromatic N) is 1. The lowest BCUT2D eigenvalue weighted by Crippen LogP contribution is -2.18. The number of hydrogen-bond acceptors (Lipinski definition) is 3. The van der Waals surface area contributed by atoms with E-state index in [1.165, 1.54) is 11.3 Å². The summed E-state index contributed by atoms with van der Waals surface area (Å²) in [6.07, 6.45) is -4.55. The van der Waals surface area contributed by atoms with Crippen LogP contribution in [0.25, 0.3) is 0 Å². The molecule has 1 atom stereocenters. The van der Waals surface area contributed by atoms with Crippen molar-refractivity contribution in [1.82, 2.24) is 10.3 Å². The van der Waals surface area contributed by atoms with Crippen LogP contribution in [-0.2, 0) is 12.7 Å². The Morgan fingerprint density at radius 3 is 2.57 bits per heavy atom. The second kappa shape index (κ2) is 6.11. The first-order chi connectivity index (χ1) is 9.75. The first-order valence-corrected chi connectivity index (χ1v) is 7.16. The Kier molecular flexibility index (Phi) is 4.63. The summed E-state index contributed by atoms with van der Waals surface area (Å²) in [5, 5.41) is 5.80. The Bertz CT molecular complexity index is 622. The van der Waals surface area contributed by atoms with Crippen molar-refractivity contribution in [2.24, 2.45) is 0 Å². The maximum atomic E-state index is 13.3. The van der Waals surface area contributed by atoms with E-state index in [-0.39, 0.29) is 18.2 Å². The molecule has 114 valence electrons. The molecule has 2 aromatic rings. The molecule has 0 aliphatic heterocycles. The summed E-state index contributed by atoms with van der Waals surface area (Å²) < 4.78 is 51.1. The molecule has 21 heavy (non-hydrogen) atoms. The summed E-state index contributed by atoms with van der Waals surface area (Å²) in [5.41, 5.74) is 0.174. The predicted octanol–water partition coefficient (Wildman–Crippen LogP) is 4.46. The molecule has 2 nitrogen and oxygen atoms in total. The van der Waals surface area contributed by atoms with E-state index >= 15 is 0 Å². The standard InChI is InChI=1S/C14H14F4N2S/c1-8-7-21-13(20-8)9(2)19-6-10-3-11(14(16,17)18)5-12(15)4-10/h3-5,7,9,19H,6H2,1-2H3. The van der Waals surface area contributed by atoms with Crippen LogP contribution in [0.5, 0.6) is 0 Å². The lowest BCUT2D eigenvalue weighted by atomic mass is 10.1. The van der Waals surface area contributed by atoms with Gasteiger partial charge in [-0.1, -0.05) is 0 Å². The molecule has 1 N–H and O–H groups in total.